The van der Waals surface area contributed by atoms with E-state index in [0.29, 0.717) is 10.6 Å². The van der Waals surface area contributed by atoms with Crippen molar-refractivity contribution in [3.63, 3.8) is 0 Å². The van der Waals surface area contributed by atoms with Gasteiger partial charge < -0.3 is 0 Å². The van der Waals surface area contributed by atoms with Gasteiger partial charge >= 0.3 is 0 Å². The van der Waals surface area contributed by atoms with E-state index in [1.165, 1.54) is 6.92 Å². The lowest BCUT2D eigenvalue weighted by molar-refractivity contribution is -0.113. The van der Waals surface area contributed by atoms with E-state index in [2.05, 4.69) is 0 Å². The van der Waals surface area contributed by atoms with Crippen molar-refractivity contribution < 1.29 is 9.59 Å². The summed E-state index contributed by atoms with van der Waals surface area (Å²) >= 11 is 6.10. The molecule has 2 rings (SSSR count). The first kappa shape index (κ1) is 12.5. The van der Waals surface area contributed by atoms with Crippen molar-refractivity contribution >= 4 is 23.2 Å². The fourth-order valence-electron chi connectivity index (χ4n) is 1.73. The number of carbonyl (C=O) groups excluding carboxylic acids is 2. The van der Waals surface area contributed by atoms with Crippen molar-refractivity contribution in [2.24, 2.45) is 0 Å². The molecule has 2 nitrogen and oxygen atoms in total. The van der Waals surface area contributed by atoms with Crippen LogP contribution in [0.2, 0.25) is 5.02 Å². The van der Waals surface area contributed by atoms with Crippen LogP contribution in [0.1, 0.15) is 17.3 Å². The largest absolute Gasteiger partial charge is 0.291 e. The molecule has 2 aromatic rings. The SMILES string of the molecule is CC(=O)C(=O)c1cccc(-c2ccccc2Cl)c1. The monoisotopic (exact) mass is 258 g/mol. The van der Waals surface area contributed by atoms with Crippen LogP contribution in [0.5, 0.6) is 0 Å². The highest BCUT2D eigenvalue weighted by atomic mass is 35.5. The fourth-order valence-corrected chi connectivity index (χ4v) is 1.97. The first-order valence-corrected chi connectivity index (χ1v) is 5.87. The molecule has 2 aromatic carbocycles. The topological polar surface area (TPSA) is 34.1 Å². The average molecular weight is 259 g/mol. The normalized spacial score (nSPS) is 10.1. The van der Waals surface area contributed by atoms with Crippen LogP contribution < -0.4 is 0 Å². The maximum absolute atomic E-state index is 11.6. The Morgan fingerprint density at radius 3 is 2.39 bits per heavy atom. The Kier molecular flexibility index (Phi) is 3.58. The van der Waals surface area contributed by atoms with Crippen LogP contribution >= 0.6 is 11.6 Å². The first-order chi connectivity index (χ1) is 8.59. The Labute approximate surface area is 110 Å². The van der Waals surface area contributed by atoms with Crippen LogP contribution in [-0.4, -0.2) is 11.6 Å². The number of hydrogen-bond acceptors (Lipinski definition) is 2. The van der Waals surface area contributed by atoms with E-state index in [0.717, 1.165) is 11.1 Å². The van der Waals surface area contributed by atoms with Crippen LogP contribution in [0.4, 0.5) is 0 Å². The Hall–Kier alpha value is -1.93. The van der Waals surface area contributed by atoms with Gasteiger partial charge in [0, 0.05) is 23.1 Å². The fraction of sp³-hybridized carbons (Fsp3) is 0.0667. The van der Waals surface area contributed by atoms with Crippen LogP contribution in [-0.2, 0) is 4.79 Å². The summed E-state index contributed by atoms with van der Waals surface area (Å²) in [6.45, 7) is 1.27. The Bertz CT molecular complexity index is 617. The third kappa shape index (κ3) is 2.49. The zero-order valence-electron chi connectivity index (χ0n) is 9.81. The van der Waals surface area contributed by atoms with Gasteiger partial charge in [0.1, 0.15) is 0 Å². The Balaban J connectivity index is 2.48. The second kappa shape index (κ2) is 5.15. The Morgan fingerprint density at radius 2 is 1.72 bits per heavy atom. The summed E-state index contributed by atoms with van der Waals surface area (Å²) in [6, 6.07) is 14.3. The van der Waals surface area contributed by atoms with E-state index in [-0.39, 0.29) is 0 Å². The zero-order chi connectivity index (χ0) is 13.1. The van der Waals surface area contributed by atoms with Gasteiger partial charge in [0.15, 0.2) is 5.78 Å². The number of benzene rings is 2. The standard InChI is InChI=1S/C15H11ClO2/c1-10(17)15(18)12-6-4-5-11(9-12)13-7-2-3-8-14(13)16/h2-9H,1H3. The lowest BCUT2D eigenvalue weighted by atomic mass is 10.0. The van der Waals surface area contributed by atoms with Crippen molar-refractivity contribution in [1.29, 1.82) is 0 Å². The van der Waals surface area contributed by atoms with Gasteiger partial charge in [0.25, 0.3) is 0 Å². The van der Waals surface area contributed by atoms with E-state index >= 15 is 0 Å². The van der Waals surface area contributed by atoms with Gasteiger partial charge in [-0.15, -0.1) is 0 Å². The molecule has 90 valence electrons. The van der Waals surface area contributed by atoms with E-state index in [9.17, 15) is 9.59 Å². The first-order valence-electron chi connectivity index (χ1n) is 5.50. The molecular weight excluding hydrogens is 248 g/mol. The minimum absolute atomic E-state index is 0.389. The van der Waals surface area contributed by atoms with Gasteiger partial charge in [-0.1, -0.05) is 48.0 Å². The van der Waals surface area contributed by atoms with Crippen molar-refractivity contribution in [1.82, 2.24) is 0 Å². The second-order valence-electron chi connectivity index (χ2n) is 3.95. The summed E-state index contributed by atoms with van der Waals surface area (Å²) in [4.78, 5) is 22.7. The van der Waals surface area contributed by atoms with Crippen LogP contribution in [0.15, 0.2) is 48.5 Å². The van der Waals surface area contributed by atoms with Gasteiger partial charge in [-0.3, -0.25) is 9.59 Å². The summed E-state index contributed by atoms with van der Waals surface area (Å²) < 4.78 is 0. The number of halogens is 1. The molecule has 0 radical (unpaired) electrons. The lowest BCUT2D eigenvalue weighted by Crippen LogP contribution is -2.09. The van der Waals surface area contributed by atoms with Gasteiger partial charge in [0.05, 0.1) is 0 Å². The maximum Gasteiger partial charge on any atom is 0.228 e. The molecule has 0 saturated heterocycles. The van der Waals surface area contributed by atoms with E-state index in [1.807, 2.05) is 24.3 Å². The molecule has 0 heterocycles. The van der Waals surface area contributed by atoms with Crippen molar-refractivity contribution in [2.45, 2.75) is 6.92 Å². The number of Topliss-reactive ketones (excluding diaryl/α,β-unsaturated/α-hetero) is 2. The van der Waals surface area contributed by atoms with Gasteiger partial charge in [-0.05, 0) is 17.7 Å². The van der Waals surface area contributed by atoms with Crippen LogP contribution in [0.3, 0.4) is 0 Å². The zero-order valence-corrected chi connectivity index (χ0v) is 10.6. The highest BCUT2D eigenvalue weighted by Gasteiger charge is 2.12. The summed E-state index contributed by atoms with van der Waals surface area (Å²) in [5.41, 5.74) is 2.06. The minimum Gasteiger partial charge on any atom is -0.291 e. The highest BCUT2D eigenvalue weighted by molar-refractivity contribution is 6.43. The molecule has 0 spiro atoms. The number of carbonyl (C=O) groups is 2. The molecule has 3 heteroatoms. The quantitative estimate of drug-likeness (QED) is 0.620. The van der Waals surface area contributed by atoms with Crippen molar-refractivity contribution in [2.75, 3.05) is 0 Å². The lowest BCUT2D eigenvalue weighted by Gasteiger charge is -2.05. The van der Waals surface area contributed by atoms with E-state index < -0.39 is 11.6 Å². The third-order valence-corrected chi connectivity index (χ3v) is 2.96. The smallest absolute Gasteiger partial charge is 0.228 e. The summed E-state index contributed by atoms with van der Waals surface area (Å²) in [6.07, 6.45) is 0. The molecule has 0 aliphatic heterocycles. The molecular formula is C15H11ClO2. The number of ketones is 2. The molecule has 18 heavy (non-hydrogen) atoms. The minimum atomic E-state index is -0.482. The van der Waals surface area contributed by atoms with Crippen molar-refractivity contribution in [3.8, 4) is 11.1 Å². The van der Waals surface area contributed by atoms with E-state index in [1.54, 1.807) is 24.3 Å². The number of hydrogen-bond donors (Lipinski definition) is 0. The molecule has 0 aliphatic rings. The van der Waals surface area contributed by atoms with Gasteiger partial charge in [0.2, 0.25) is 5.78 Å². The van der Waals surface area contributed by atoms with Gasteiger partial charge in [-0.2, -0.15) is 0 Å². The molecule has 0 N–H and O–H groups in total. The summed E-state index contributed by atoms with van der Waals surface area (Å²) in [7, 11) is 0. The van der Waals surface area contributed by atoms with Crippen molar-refractivity contribution in [3.05, 3.63) is 59.1 Å². The van der Waals surface area contributed by atoms with Gasteiger partial charge in [-0.25, -0.2) is 0 Å². The van der Waals surface area contributed by atoms with Crippen LogP contribution in [0.25, 0.3) is 11.1 Å². The predicted molar refractivity (Wildman–Crippen MR) is 71.9 cm³/mol. The molecule has 0 saturated carbocycles. The molecule has 0 amide bonds. The maximum atomic E-state index is 11.6. The molecule has 0 aromatic heterocycles. The van der Waals surface area contributed by atoms with E-state index in [4.69, 9.17) is 11.6 Å². The third-order valence-electron chi connectivity index (χ3n) is 2.63. The molecule has 0 aliphatic carbocycles. The second-order valence-corrected chi connectivity index (χ2v) is 4.35. The highest BCUT2D eigenvalue weighted by Crippen LogP contribution is 2.28. The molecule has 0 atom stereocenters. The molecule has 0 fully saturated rings. The molecule has 0 unspecified atom stereocenters. The number of rotatable bonds is 3. The molecule has 0 bridgehead atoms. The Morgan fingerprint density at radius 1 is 1.00 bits per heavy atom. The predicted octanol–water partition coefficient (Wildman–Crippen LogP) is 3.78. The average Bonchev–Trinajstić information content (AvgIpc) is 2.38. The summed E-state index contributed by atoms with van der Waals surface area (Å²) in [5, 5.41) is 0.616. The van der Waals surface area contributed by atoms with Crippen LogP contribution in [0, 0.1) is 0 Å². The summed E-state index contributed by atoms with van der Waals surface area (Å²) in [5.74, 6) is -0.949.